The maximum atomic E-state index is 12.8. The molecule has 0 spiro atoms. The molecule has 4 rings (SSSR count). The van der Waals surface area contributed by atoms with Crippen molar-refractivity contribution in [3.05, 3.63) is 75.7 Å². The summed E-state index contributed by atoms with van der Waals surface area (Å²) < 4.78 is 0.602. The van der Waals surface area contributed by atoms with Crippen molar-refractivity contribution < 1.29 is 9.59 Å². The van der Waals surface area contributed by atoms with Gasteiger partial charge in [-0.1, -0.05) is 84.5 Å². The van der Waals surface area contributed by atoms with Gasteiger partial charge in [-0.3, -0.25) is 14.5 Å². The molecule has 4 nitrogen and oxygen atoms in total. The van der Waals surface area contributed by atoms with Crippen molar-refractivity contribution in [1.82, 2.24) is 9.80 Å². The van der Waals surface area contributed by atoms with Gasteiger partial charge in [0.1, 0.15) is 4.32 Å². The minimum atomic E-state index is -0.0376. The van der Waals surface area contributed by atoms with E-state index >= 15 is 0 Å². The number of carbonyl (C=O) groups excluding carboxylic acids is 2. The zero-order valence-corrected chi connectivity index (χ0v) is 22.2. The first-order valence-corrected chi connectivity index (χ1v) is 13.9. The van der Waals surface area contributed by atoms with Gasteiger partial charge in [0, 0.05) is 31.1 Å². The number of hydrogen-bond donors (Lipinski definition) is 0. The van der Waals surface area contributed by atoms with E-state index in [1.807, 2.05) is 35.2 Å². The maximum Gasteiger partial charge on any atom is 0.266 e. The summed E-state index contributed by atoms with van der Waals surface area (Å²) in [4.78, 5) is 29.8. The van der Waals surface area contributed by atoms with Crippen molar-refractivity contribution in [2.75, 3.05) is 19.6 Å². The summed E-state index contributed by atoms with van der Waals surface area (Å²) in [5.41, 5.74) is 2.32. The second-order valence-electron chi connectivity index (χ2n) is 9.21. The summed E-state index contributed by atoms with van der Waals surface area (Å²) >= 11 is 12.7. The van der Waals surface area contributed by atoms with Crippen LogP contribution in [0.3, 0.4) is 0 Å². The molecular weight excluding hydrogens is 496 g/mol. The number of likely N-dealkylation sites (tertiary alicyclic amines) is 1. The van der Waals surface area contributed by atoms with E-state index < -0.39 is 0 Å². The van der Waals surface area contributed by atoms with Crippen LogP contribution in [0.2, 0.25) is 5.02 Å². The van der Waals surface area contributed by atoms with E-state index in [9.17, 15) is 9.59 Å². The SMILES string of the molecule is O=C(CCCCCN1C(=O)/C(=C/c2ccc(Cl)cc2)SC1=S)N1CCC(Cc2ccccc2)CC1. The number of rotatable bonds is 9. The Hall–Kier alpha value is -2.15. The fourth-order valence-electron chi connectivity index (χ4n) is 4.62. The molecule has 7 heteroatoms. The van der Waals surface area contributed by atoms with Crippen molar-refractivity contribution in [3.63, 3.8) is 0 Å². The largest absolute Gasteiger partial charge is 0.343 e. The molecule has 2 aliphatic heterocycles. The molecule has 0 unspecified atom stereocenters. The van der Waals surface area contributed by atoms with E-state index in [1.54, 1.807) is 4.90 Å². The standard InChI is InChI=1S/C28H31ClN2O2S2/c29-24-12-10-22(11-13-24)20-25-27(33)31(28(34)35-25)16-6-2-5-9-26(32)30-17-14-23(15-18-30)19-21-7-3-1-4-8-21/h1,3-4,7-8,10-13,20,23H,2,5-6,9,14-19H2/b25-20-. The van der Waals surface area contributed by atoms with E-state index in [4.69, 9.17) is 23.8 Å². The molecule has 0 bridgehead atoms. The van der Waals surface area contributed by atoms with E-state index in [0.717, 1.165) is 57.2 Å². The highest BCUT2D eigenvalue weighted by atomic mass is 35.5. The molecule has 2 amide bonds. The number of amides is 2. The average Bonchev–Trinajstić information content (AvgIpc) is 3.13. The molecular formula is C28H31ClN2O2S2. The molecule has 2 aromatic carbocycles. The number of piperidine rings is 1. The maximum absolute atomic E-state index is 12.8. The number of thiocarbonyl (C=S) groups is 1. The van der Waals surface area contributed by atoms with E-state index in [1.165, 1.54) is 17.3 Å². The normalized spacial score (nSPS) is 18.0. The molecule has 0 atom stereocenters. The summed E-state index contributed by atoms with van der Waals surface area (Å²) in [6, 6.07) is 18.0. The van der Waals surface area contributed by atoms with Crippen LogP contribution in [0, 0.1) is 5.92 Å². The van der Waals surface area contributed by atoms with Crippen LogP contribution in [-0.2, 0) is 16.0 Å². The topological polar surface area (TPSA) is 40.6 Å². The minimum Gasteiger partial charge on any atom is -0.343 e. The van der Waals surface area contributed by atoms with E-state index in [2.05, 4.69) is 30.3 Å². The Labute approximate surface area is 222 Å². The fourth-order valence-corrected chi connectivity index (χ4v) is 6.05. The zero-order chi connectivity index (χ0) is 24.6. The molecule has 2 fully saturated rings. The third-order valence-corrected chi connectivity index (χ3v) is 8.28. The van der Waals surface area contributed by atoms with Crippen molar-refractivity contribution in [2.24, 2.45) is 5.92 Å². The fraction of sp³-hybridized carbons (Fsp3) is 0.393. The predicted octanol–water partition coefficient (Wildman–Crippen LogP) is 6.58. The smallest absolute Gasteiger partial charge is 0.266 e. The van der Waals surface area contributed by atoms with Gasteiger partial charge in [0.05, 0.1) is 4.91 Å². The van der Waals surface area contributed by atoms with Gasteiger partial charge in [-0.15, -0.1) is 0 Å². The summed E-state index contributed by atoms with van der Waals surface area (Å²) in [5, 5.41) is 0.667. The van der Waals surface area contributed by atoms with Crippen molar-refractivity contribution in [3.8, 4) is 0 Å². The average molecular weight is 527 g/mol. The molecule has 2 heterocycles. The number of benzene rings is 2. The second kappa shape index (κ2) is 12.7. The Balaban J connectivity index is 1.13. The van der Waals surface area contributed by atoms with Crippen LogP contribution in [0.25, 0.3) is 6.08 Å². The highest BCUT2D eigenvalue weighted by Crippen LogP contribution is 2.33. The Bertz CT molecular complexity index is 1060. The summed E-state index contributed by atoms with van der Waals surface area (Å²) in [6.45, 7) is 2.33. The Morgan fingerprint density at radius 2 is 1.74 bits per heavy atom. The van der Waals surface area contributed by atoms with Crippen LogP contribution in [0.15, 0.2) is 59.5 Å². The van der Waals surface area contributed by atoms with Gasteiger partial charge >= 0.3 is 0 Å². The number of hydrogen-bond acceptors (Lipinski definition) is 4. The van der Waals surface area contributed by atoms with E-state index in [-0.39, 0.29) is 11.8 Å². The first kappa shape index (κ1) is 25.9. The lowest BCUT2D eigenvalue weighted by Crippen LogP contribution is -2.38. The van der Waals surface area contributed by atoms with Gasteiger partial charge < -0.3 is 4.90 Å². The lowest BCUT2D eigenvalue weighted by molar-refractivity contribution is -0.132. The van der Waals surface area contributed by atoms with Crippen LogP contribution >= 0.6 is 35.6 Å². The van der Waals surface area contributed by atoms with Crippen LogP contribution in [0.4, 0.5) is 0 Å². The van der Waals surface area contributed by atoms with Gasteiger partial charge in [0.2, 0.25) is 5.91 Å². The van der Waals surface area contributed by atoms with Crippen LogP contribution in [0.5, 0.6) is 0 Å². The number of nitrogens with zero attached hydrogens (tertiary/aromatic N) is 2. The molecule has 2 saturated heterocycles. The second-order valence-corrected chi connectivity index (χ2v) is 11.3. The highest BCUT2D eigenvalue weighted by molar-refractivity contribution is 8.26. The molecule has 0 N–H and O–H groups in total. The quantitative estimate of drug-likeness (QED) is 0.210. The van der Waals surface area contributed by atoms with Gasteiger partial charge in [0.15, 0.2) is 0 Å². The van der Waals surface area contributed by atoms with Crippen LogP contribution in [0.1, 0.15) is 49.7 Å². The number of carbonyl (C=O) groups is 2. The molecule has 35 heavy (non-hydrogen) atoms. The van der Waals surface area contributed by atoms with Gasteiger partial charge in [-0.05, 0) is 67.4 Å². The summed E-state index contributed by atoms with van der Waals surface area (Å²) in [7, 11) is 0. The Kier molecular flexibility index (Phi) is 9.41. The molecule has 0 aliphatic carbocycles. The number of thioether (sulfide) groups is 1. The third-order valence-electron chi connectivity index (χ3n) is 6.65. The monoisotopic (exact) mass is 526 g/mol. The Morgan fingerprint density at radius 1 is 1.03 bits per heavy atom. The lowest BCUT2D eigenvalue weighted by Gasteiger charge is -2.32. The lowest BCUT2D eigenvalue weighted by atomic mass is 9.90. The molecule has 0 aromatic heterocycles. The first-order chi connectivity index (χ1) is 17.0. The molecule has 0 radical (unpaired) electrons. The Morgan fingerprint density at radius 3 is 2.46 bits per heavy atom. The van der Waals surface area contributed by atoms with Crippen LogP contribution < -0.4 is 0 Å². The first-order valence-electron chi connectivity index (χ1n) is 12.3. The van der Waals surface area contributed by atoms with Gasteiger partial charge in [0.25, 0.3) is 5.91 Å². The number of halogens is 1. The van der Waals surface area contributed by atoms with Gasteiger partial charge in [-0.25, -0.2) is 0 Å². The van der Waals surface area contributed by atoms with Crippen molar-refractivity contribution >= 4 is 57.8 Å². The summed E-state index contributed by atoms with van der Waals surface area (Å²) in [6.07, 6.45) is 8.30. The molecule has 0 saturated carbocycles. The molecule has 184 valence electrons. The molecule has 2 aliphatic rings. The summed E-state index contributed by atoms with van der Waals surface area (Å²) in [5.74, 6) is 0.892. The van der Waals surface area contributed by atoms with Crippen molar-refractivity contribution in [2.45, 2.75) is 44.9 Å². The van der Waals surface area contributed by atoms with Gasteiger partial charge in [-0.2, -0.15) is 0 Å². The van der Waals surface area contributed by atoms with E-state index in [0.29, 0.717) is 33.1 Å². The predicted molar refractivity (Wildman–Crippen MR) is 149 cm³/mol. The minimum absolute atomic E-state index is 0.0376. The molecule has 2 aromatic rings. The third kappa shape index (κ3) is 7.42. The number of unbranched alkanes of at least 4 members (excludes halogenated alkanes) is 2. The van der Waals surface area contributed by atoms with Crippen molar-refractivity contribution in [1.29, 1.82) is 0 Å². The zero-order valence-electron chi connectivity index (χ0n) is 19.8. The van der Waals surface area contributed by atoms with Crippen LogP contribution in [-0.4, -0.2) is 45.6 Å². The highest BCUT2D eigenvalue weighted by Gasteiger charge is 2.31.